The Morgan fingerprint density at radius 2 is 1.67 bits per heavy atom. The standard InChI is InChI=1S/C16H12O2/c17-16(18)12-6-10-14-9-4-5-11-15(14)13-7-2-1-3-8-13/h1-5,7-9,11H,12H2,(H,17,18). The predicted octanol–water partition coefficient (Wildman–Crippen LogP) is 3.18. The van der Waals surface area contributed by atoms with Gasteiger partial charge in [0.1, 0.15) is 6.42 Å². The maximum Gasteiger partial charge on any atom is 0.315 e. The number of carbonyl (C=O) groups is 1. The molecule has 2 aromatic rings. The Morgan fingerprint density at radius 1 is 1.00 bits per heavy atom. The Bertz CT molecular complexity index is 604. The first-order valence-electron chi connectivity index (χ1n) is 5.62. The molecule has 18 heavy (non-hydrogen) atoms. The van der Waals surface area contributed by atoms with Gasteiger partial charge in [0.15, 0.2) is 0 Å². The number of hydrogen-bond donors (Lipinski definition) is 1. The molecule has 0 fully saturated rings. The van der Waals surface area contributed by atoms with Gasteiger partial charge in [0.25, 0.3) is 0 Å². The molecule has 0 amide bonds. The lowest BCUT2D eigenvalue weighted by Crippen LogP contribution is -1.90. The average molecular weight is 236 g/mol. The maximum absolute atomic E-state index is 10.4. The molecular formula is C16H12O2. The number of carboxylic acid groups (broad SMARTS) is 1. The molecule has 0 aliphatic heterocycles. The van der Waals surface area contributed by atoms with Crippen LogP contribution < -0.4 is 0 Å². The predicted molar refractivity (Wildman–Crippen MR) is 71.0 cm³/mol. The zero-order chi connectivity index (χ0) is 12.8. The maximum atomic E-state index is 10.4. The summed E-state index contributed by atoms with van der Waals surface area (Å²) in [4.78, 5) is 10.4. The van der Waals surface area contributed by atoms with Crippen LogP contribution in [0.1, 0.15) is 12.0 Å². The molecule has 88 valence electrons. The second-order valence-corrected chi connectivity index (χ2v) is 3.78. The van der Waals surface area contributed by atoms with E-state index in [-0.39, 0.29) is 6.42 Å². The molecule has 0 saturated carbocycles. The van der Waals surface area contributed by atoms with Crippen molar-refractivity contribution >= 4 is 5.97 Å². The summed E-state index contributed by atoms with van der Waals surface area (Å²) in [5, 5.41) is 8.58. The largest absolute Gasteiger partial charge is 0.481 e. The molecule has 0 atom stereocenters. The van der Waals surface area contributed by atoms with Crippen LogP contribution in [-0.4, -0.2) is 11.1 Å². The van der Waals surface area contributed by atoms with Crippen LogP contribution >= 0.6 is 0 Å². The summed E-state index contributed by atoms with van der Waals surface area (Å²) >= 11 is 0. The van der Waals surface area contributed by atoms with E-state index in [1.54, 1.807) is 0 Å². The zero-order valence-electron chi connectivity index (χ0n) is 9.76. The van der Waals surface area contributed by atoms with Gasteiger partial charge >= 0.3 is 5.97 Å². The van der Waals surface area contributed by atoms with E-state index in [2.05, 4.69) is 11.8 Å². The zero-order valence-corrected chi connectivity index (χ0v) is 9.76. The third-order valence-electron chi connectivity index (χ3n) is 2.47. The van der Waals surface area contributed by atoms with E-state index in [4.69, 9.17) is 5.11 Å². The molecule has 0 spiro atoms. The first kappa shape index (κ1) is 11.9. The molecule has 2 rings (SSSR count). The quantitative estimate of drug-likeness (QED) is 0.813. The van der Waals surface area contributed by atoms with Gasteiger partial charge in [0, 0.05) is 5.56 Å². The SMILES string of the molecule is O=C(O)CC#Cc1ccccc1-c1ccccc1. The smallest absolute Gasteiger partial charge is 0.315 e. The van der Waals surface area contributed by atoms with Crippen LogP contribution in [0, 0.1) is 11.8 Å². The fraction of sp³-hybridized carbons (Fsp3) is 0.0625. The van der Waals surface area contributed by atoms with E-state index in [0.29, 0.717) is 0 Å². The van der Waals surface area contributed by atoms with Crippen molar-refractivity contribution in [3.8, 4) is 23.0 Å². The molecule has 0 bridgehead atoms. The van der Waals surface area contributed by atoms with Crippen molar-refractivity contribution in [1.29, 1.82) is 0 Å². The van der Waals surface area contributed by atoms with Crippen LogP contribution in [0.2, 0.25) is 0 Å². The highest BCUT2D eigenvalue weighted by molar-refractivity contribution is 5.73. The first-order chi connectivity index (χ1) is 8.77. The monoisotopic (exact) mass is 236 g/mol. The highest BCUT2D eigenvalue weighted by Gasteiger charge is 2.01. The fourth-order valence-corrected chi connectivity index (χ4v) is 1.68. The molecule has 2 nitrogen and oxygen atoms in total. The number of carboxylic acids is 1. The summed E-state index contributed by atoms with van der Waals surface area (Å²) < 4.78 is 0. The van der Waals surface area contributed by atoms with Gasteiger partial charge in [-0.3, -0.25) is 4.79 Å². The topological polar surface area (TPSA) is 37.3 Å². The van der Waals surface area contributed by atoms with Crippen molar-refractivity contribution in [2.75, 3.05) is 0 Å². The number of rotatable bonds is 2. The summed E-state index contributed by atoms with van der Waals surface area (Å²) in [5.41, 5.74) is 2.96. The number of aliphatic carboxylic acids is 1. The minimum absolute atomic E-state index is 0.136. The first-order valence-corrected chi connectivity index (χ1v) is 5.62. The second-order valence-electron chi connectivity index (χ2n) is 3.78. The van der Waals surface area contributed by atoms with Crippen molar-refractivity contribution in [2.24, 2.45) is 0 Å². The molecular weight excluding hydrogens is 224 g/mol. The Morgan fingerprint density at radius 3 is 2.39 bits per heavy atom. The summed E-state index contributed by atoms with van der Waals surface area (Å²) in [6, 6.07) is 17.7. The summed E-state index contributed by atoms with van der Waals surface area (Å²) in [7, 11) is 0. The lowest BCUT2D eigenvalue weighted by atomic mass is 10.00. The summed E-state index contributed by atoms with van der Waals surface area (Å²) in [6.45, 7) is 0. The van der Waals surface area contributed by atoms with Gasteiger partial charge in [0.2, 0.25) is 0 Å². The molecule has 2 aromatic carbocycles. The molecule has 0 aliphatic carbocycles. The van der Waals surface area contributed by atoms with Crippen molar-refractivity contribution in [2.45, 2.75) is 6.42 Å². The Kier molecular flexibility index (Phi) is 3.78. The molecule has 0 saturated heterocycles. The van der Waals surface area contributed by atoms with Gasteiger partial charge in [-0.15, -0.1) is 0 Å². The Labute approximate surface area is 106 Å². The Hall–Kier alpha value is -2.53. The van der Waals surface area contributed by atoms with Crippen molar-refractivity contribution in [1.82, 2.24) is 0 Å². The van der Waals surface area contributed by atoms with E-state index in [1.807, 2.05) is 54.6 Å². The van der Waals surface area contributed by atoms with Crippen LogP contribution in [0.5, 0.6) is 0 Å². The van der Waals surface area contributed by atoms with Gasteiger partial charge < -0.3 is 5.11 Å². The molecule has 0 unspecified atom stereocenters. The van der Waals surface area contributed by atoms with Crippen LogP contribution in [0.25, 0.3) is 11.1 Å². The van der Waals surface area contributed by atoms with Crippen molar-refractivity contribution < 1.29 is 9.90 Å². The molecule has 2 heteroatoms. The number of hydrogen-bond acceptors (Lipinski definition) is 1. The molecule has 0 aromatic heterocycles. The minimum Gasteiger partial charge on any atom is -0.481 e. The highest BCUT2D eigenvalue weighted by atomic mass is 16.4. The highest BCUT2D eigenvalue weighted by Crippen LogP contribution is 2.22. The van der Waals surface area contributed by atoms with E-state index >= 15 is 0 Å². The fourth-order valence-electron chi connectivity index (χ4n) is 1.68. The molecule has 1 N–H and O–H groups in total. The van der Waals surface area contributed by atoms with E-state index in [0.717, 1.165) is 16.7 Å². The van der Waals surface area contributed by atoms with Crippen LogP contribution in [-0.2, 0) is 4.79 Å². The summed E-state index contributed by atoms with van der Waals surface area (Å²) in [5.74, 6) is 4.67. The van der Waals surface area contributed by atoms with Gasteiger partial charge in [-0.2, -0.15) is 0 Å². The van der Waals surface area contributed by atoms with E-state index < -0.39 is 5.97 Å². The third-order valence-corrected chi connectivity index (χ3v) is 2.47. The average Bonchev–Trinajstić information content (AvgIpc) is 2.40. The normalized spacial score (nSPS) is 9.33. The lowest BCUT2D eigenvalue weighted by Gasteiger charge is -2.03. The second kappa shape index (κ2) is 5.70. The Balaban J connectivity index is 2.37. The van der Waals surface area contributed by atoms with Crippen LogP contribution in [0.3, 0.4) is 0 Å². The van der Waals surface area contributed by atoms with Gasteiger partial charge in [0.05, 0.1) is 0 Å². The van der Waals surface area contributed by atoms with Gasteiger partial charge in [-0.1, -0.05) is 60.4 Å². The lowest BCUT2D eigenvalue weighted by molar-refractivity contribution is -0.135. The minimum atomic E-state index is -0.903. The van der Waals surface area contributed by atoms with Crippen molar-refractivity contribution in [3.63, 3.8) is 0 Å². The number of benzene rings is 2. The van der Waals surface area contributed by atoms with Crippen molar-refractivity contribution in [3.05, 3.63) is 60.2 Å². The van der Waals surface area contributed by atoms with Crippen LogP contribution in [0.15, 0.2) is 54.6 Å². The van der Waals surface area contributed by atoms with Crippen LogP contribution in [0.4, 0.5) is 0 Å². The molecule has 0 aliphatic rings. The van der Waals surface area contributed by atoms with E-state index in [9.17, 15) is 4.79 Å². The molecule has 0 heterocycles. The molecule has 0 radical (unpaired) electrons. The van der Waals surface area contributed by atoms with Gasteiger partial charge in [-0.25, -0.2) is 0 Å². The third kappa shape index (κ3) is 2.99. The van der Waals surface area contributed by atoms with Gasteiger partial charge in [-0.05, 0) is 17.2 Å². The summed E-state index contributed by atoms with van der Waals surface area (Å²) in [6.07, 6.45) is -0.136. The van der Waals surface area contributed by atoms with E-state index in [1.165, 1.54) is 0 Å².